The van der Waals surface area contributed by atoms with Crippen molar-refractivity contribution in [2.75, 3.05) is 12.0 Å². The lowest BCUT2D eigenvalue weighted by atomic mass is 9.98. The van der Waals surface area contributed by atoms with Gasteiger partial charge >= 0.3 is 5.97 Å². The quantitative estimate of drug-likeness (QED) is 0.792. The van der Waals surface area contributed by atoms with Crippen molar-refractivity contribution in [3.63, 3.8) is 0 Å². The van der Waals surface area contributed by atoms with Crippen LogP contribution in [0.3, 0.4) is 0 Å². The number of ether oxygens (including phenoxy) is 2. The maximum atomic E-state index is 12.5. The molecule has 1 amide bonds. The van der Waals surface area contributed by atoms with Gasteiger partial charge in [-0.15, -0.1) is 0 Å². The molecule has 0 fully saturated rings. The number of anilines is 1. The lowest BCUT2D eigenvalue weighted by molar-refractivity contribution is -0.155. The molecule has 1 aliphatic heterocycles. The number of nitrogens with zero attached hydrogens (tertiary/aromatic N) is 1. The highest BCUT2D eigenvalue weighted by Crippen LogP contribution is 2.49. The molecule has 0 saturated heterocycles. The summed E-state index contributed by atoms with van der Waals surface area (Å²) in [5.74, 6) is 0.229. The maximum absolute atomic E-state index is 12.5. The number of rotatable bonds is 3. The Labute approximate surface area is 147 Å². The molecule has 1 unspecified atom stereocenters. The molecule has 132 valence electrons. The van der Waals surface area contributed by atoms with E-state index in [1.54, 1.807) is 12.0 Å². The minimum absolute atomic E-state index is 0.0843. The van der Waals surface area contributed by atoms with E-state index in [1.165, 1.54) is 6.92 Å². The average molecular weight is 341 g/mol. The first kappa shape index (κ1) is 17.3. The van der Waals surface area contributed by atoms with Crippen molar-refractivity contribution in [1.29, 1.82) is 0 Å². The topological polar surface area (TPSA) is 55.8 Å². The van der Waals surface area contributed by atoms with Gasteiger partial charge in [0.15, 0.2) is 0 Å². The smallest absolute Gasteiger partial charge is 0.308 e. The van der Waals surface area contributed by atoms with Crippen LogP contribution in [-0.2, 0) is 14.3 Å². The SMILES string of the molecule is COc1ccc2cccc3c2c1C(CC(=O)OC(C)(C)C)N3C(C)=O. The third kappa shape index (κ3) is 3.06. The van der Waals surface area contributed by atoms with Crippen molar-refractivity contribution in [3.05, 3.63) is 35.9 Å². The number of esters is 1. The number of hydrogen-bond donors (Lipinski definition) is 0. The molecule has 2 aromatic rings. The predicted molar refractivity (Wildman–Crippen MR) is 96.9 cm³/mol. The lowest BCUT2D eigenvalue weighted by Gasteiger charge is -2.27. The van der Waals surface area contributed by atoms with E-state index in [2.05, 4.69) is 0 Å². The molecule has 0 saturated carbocycles. The van der Waals surface area contributed by atoms with Gasteiger partial charge in [-0.1, -0.05) is 18.2 Å². The third-order valence-corrected chi connectivity index (χ3v) is 4.27. The average Bonchev–Trinajstić information content (AvgIpc) is 2.82. The highest BCUT2D eigenvalue weighted by molar-refractivity contribution is 6.10. The molecule has 2 aromatic carbocycles. The molecule has 0 aromatic heterocycles. The number of carbonyl (C=O) groups excluding carboxylic acids is 2. The van der Waals surface area contributed by atoms with E-state index in [1.807, 2.05) is 51.1 Å². The maximum Gasteiger partial charge on any atom is 0.308 e. The fraction of sp³-hybridized carbons (Fsp3) is 0.400. The van der Waals surface area contributed by atoms with E-state index >= 15 is 0 Å². The molecule has 5 nitrogen and oxygen atoms in total. The second-order valence-electron chi connectivity index (χ2n) is 7.25. The van der Waals surface area contributed by atoms with Crippen molar-refractivity contribution in [2.24, 2.45) is 0 Å². The minimum Gasteiger partial charge on any atom is -0.496 e. The van der Waals surface area contributed by atoms with Gasteiger partial charge in [-0.3, -0.25) is 9.59 Å². The summed E-state index contributed by atoms with van der Waals surface area (Å²) in [6.45, 7) is 7.01. The van der Waals surface area contributed by atoms with E-state index in [4.69, 9.17) is 9.47 Å². The van der Waals surface area contributed by atoms with Crippen molar-refractivity contribution in [2.45, 2.75) is 45.8 Å². The monoisotopic (exact) mass is 341 g/mol. The van der Waals surface area contributed by atoms with Gasteiger partial charge < -0.3 is 14.4 Å². The summed E-state index contributed by atoms with van der Waals surface area (Å²) < 4.78 is 11.0. The van der Waals surface area contributed by atoms with Crippen LogP contribution >= 0.6 is 0 Å². The van der Waals surface area contributed by atoms with Crippen LogP contribution in [0.4, 0.5) is 5.69 Å². The summed E-state index contributed by atoms with van der Waals surface area (Å²) in [7, 11) is 1.60. The Morgan fingerprint density at radius 2 is 1.88 bits per heavy atom. The van der Waals surface area contributed by atoms with E-state index < -0.39 is 11.6 Å². The van der Waals surface area contributed by atoms with Crippen molar-refractivity contribution in [3.8, 4) is 5.75 Å². The Balaban J connectivity index is 2.11. The molecule has 1 atom stereocenters. The summed E-state index contributed by atoms with van der Waals surface area (Å²) in [6, 6.07) is 9.24. The standard InChI is InChI=1S/C20H23NO4/c1-12(22)21-14-8-6-7-13-9-10-16(24-5)19(18(13)14)15(21)11-17(23)25-20(2,3)4/h6-10,15H,11H2,1-5H3. The zero-order chi connectivity index (χ0) is 18.4. The second kappa shape index (κ2) is 6.06. The van der Waals surface area contributed by atoms with Crippen LogP contribution in [0.25, 0.3) is 10.8 Å². The molecule has 0 radical (unpaired) electrons. The molecule has 0 aliphatic carbocycles. The van der Waals surface area contributed by atoms with Crippen molar-refractivity contribution >= 4 is 28.3 Å². The Morgan fingerprint density at radius 1 is 1.16 bits per heavy atom. The molecule has 3 rings (SSSR count). The Kier molecular flexibility index (Phi) is 4.19. The van der Waals surface area contributed by atoms with Gasteiger partial charge in [0.25, 0.3) is 0 Å². The fourth-order valence-corrected chi connectivity index (χ4v) is 3.50. The Morgan fingerprint density at radius 3 is 2.48 bits per heavy atom. The fourth-order valence-electron chi connectivity index (χ4n) is 3.50. The van der Waals surface area contributed by atoms with E-state index in [0.29, 0.717) is 5.75 Å². The zero-order valence-corrected chi connectivity index (χ0v) is 15.3. The van der Waals surface area contributed by atoms with Gasteiger partial charge in [-0.25, -0.2) is 0 Å². The summed E-state index contributed by atoms with van der Waals surface area (Å²) in [5.41, 5.74) is 1.11. The first-order valence-corrected chi connectivity index (χ1v) is 8.34. The number of benzene rings is 2. The summed E-state index contributed by atoms with van der Waals surface area (Å²) in [6.07, 6.45) is 0.0843. The van der Waals surface area contributed by atoms with E-state index in [9.17, 15) is 9.59 Å². The summed E-state index contributed by atoms with van der Waals surface area (Å²) in [4.78, 5) is 26.5. The van der Waals surface area contributed by atoms with Gasteiger partial charge in [0.05, 0.1) is 25.3 Å². The number of methoxy groups -OCH3 is 1. The van der Waals surface area contributed by atoms with Crippen LogP contribution in [0.1, 0.15) is 45.7 Å². The van der Waals surface area contributed by atoms with Crippen LogP contribution in [0, 0.1) is 0 Å². The predicted octanol–water partition coefficient (Wildman–Crippen LogP) is 3.99. The molecule has 0 N–H and O–H groups in total. The molecule has 0 bridgehead atoms. The highest BCUT2D eigenvalue weighted by Gasteiger charge is 2.38. The lowest BCUT2D eigenvalue weighted by Crippen LogP contribution is -2.33. The second-order valence-corrected chi connectivity index (χ2v) is 7.25. The van der Waals surface area contributed by atoms with E-state index in [-0.39, 0.29) is 18.3 Å². The molecule has 5 heteroatoms. The van der Waals surface area contributed by atoms with Gasteiger partial charge in [-0.2, -0.15) is 0 Å². The van der Waals surface area contributed by atoms with Crippen LogP contribution in [0.5, 0.6) is 5.75 Å². The van der Waals surface area contributed by atoms with Crippen LogP contribution in [0.15, 0.2) is 30.3 Å². The molecule has 1 heterocycles. The first-order valence-electron chi connectivity index (χ1n) is 8.34. The Hall–Kier alpha value is -2.56. The molecule has 25 heavy (non-hydrogen) atoms. The molecule has 0 spiro atoms. The van der Waals surface area contributed by atoms with Crippen LogP contribution in [-0.4, -0.2) is 24.6 Å². The zero-order valence-electron chi connectivity index (χ0n) is 15.3. The van der Waals surface area contributed by atoms with Crippen LogP contribution < -0.4 is 9.64 Å². The number of hydrogen-bond acceptors (Lipinski definition) is 4. The summed E-state index contributed by atoms with van der Waals surface area (Å²) >= 11 is 0. The normalized spacial score (nSPS) is 16.2. The van der Waals surface area contributed by atoms with Gasteiger partial charge in [0.2, 0.25) is 5.91 Å². The van der Waals surface area contributed by atoms with E-state index in [0.717, 1.165) is 22.0 Å². The summed E-state index contributed by atoms with van der Waals surface area (Å²) in [5, 5.41) is 1.98. The first-order chi connectivity index (χ1) is 11.7. The van der Waals surface area contributed by atoms with Gasteiger partial charge in [0.1, 0.15) is 11.4 Å². The number of carbonyl (C=O) groups is 2. The minimum atomic E-state index is -0.570. The molecular weight excluding hydrogens is 318 g/mol. The highest BCUT2D eigenvalue weighted by atomic mass is 16.6. The van der Waals surface area contributed by atoms with Gasteiger partial charge in [-0.05, 0) is 38.3 Å². The third-order valence-electron chi connectivity index (χ3n) is 4.27. The van der Waals surface area contributed by atoms with Crippen molar-refractivity contribution < 1.29 is 19.1 Å². The van der Waals surface area contributed by atoms with Crippen molar-refractivity contribution in [1.82, 2.24) is 0 Å². The molecular formula is C20H23NO4. The molecule has 1 aliphatic rings. The Bertz CT molecular complexity index is 851. The van der Waals surface area contributed by atoms with Crippen LogP contribution in [0.2, 0.25) is 0 Å². The largest absolute Gasteiger partial charge is 0.496 e. The van der Waals surface area contributed by atoms with Gasteiger partial charge in [0, 0.05) is 17.9 Å². The number of amides is 1.